The Morgan fingerprint density at radius 3 is 2.70 bits per heavy atom. The van der Waals surface area contributed by atoms with E-state index in [1.165, 1.54) is 23.5 Å². The van der Waals surface area contributed by atoms with Crippen LogP contribution in [0.1, 0.15) is 19.8 Å². The highest BCUT2D eigenvalue weighted by Gasteiger charge is 2.39. The number of benzene rings is 1. The molecule has 1 fully saturated rings. The first kappa shape index (κ1) is 17.8. The van der Waals surface area contributed by atoms with E-state index in [0.29, 0.717) is 19.4 Å². The Hall–Kier alpha value is -1.51. The quantitative estimate of drug-likeness (QED) is 0.839. The minimum absolute atomic E-state index is 0.0106. The molecule has 2 rings (SSSR count). The van der Waals surface area contributed by atoms with Gasteiger partial charge in [-0.1, -0.05) is 0 Å². The first-order chi connectivity index (χ1) is 10.9. The van der Waals surface area contributed by atoms with E-state index < -0.39 is 21.9 Å². The SMILES string of the molecule is COC[C@@H](C)NC(=O)[C@H]1CCCN1S(=O)(=O)c1ccc(F)cc1. The van der Waals surface area contributed by atoms with Gasteiger partial charge in [-0.05, 0) is 44.0 Å². The summed E-state index contributed by atoms with van der Waals surface area (Å²) in [6, 6.07) is 3.67. The number of ether oxygens (including phenoxy) is 1. The Bertz CT molecular complexity index is 648. The fourth-order valence-electron chi connectivity index (χ4n) is 2.66. The number of sulfonamides is 1. The lowest BCUT2D eigenvalue weighted by Crippen LogP contribution is -2.49. The van der Waals surface area contributed by atoms with Crippen molar-refractivity contribution in [2.75, 3.05) is 20.3 Å². The second-order valence-electron chi connectivity index (χ2n) is 5.59. The monoisotopic (exact) mass is 344 g/mol. The zero-order valence-electron chi connectivity index (χ0n) is 13.2. The van der Waals surface area contributed by atoms with Gasteiger partial charge in [0.05, 0.1) is 11.5 Å². The number of nitrogens with zero attached hydrogens (tertiary/aromatic N) is 1. The molecule has 0 radical (unpaired) electrons. The van der Waals surface area contributed by atoms with Crippen LogP contribution in [0.2, 0.25) is 0 Å². The Labute approximate surface area is 135 Å². The van der Waals surface area contributed by atoms with Crippen LogP contribution in [-0.2, 0) is 19.6 Å². The van der Waals surface area contributed by atoms with E-state index in [9.17, 15) is 17.6 Å². The summed E-state index contributed by atoms with van der Waals surface area (Å²) in [5, 5.41) is 2.76. The molecule has 1 aliphatic heterocycles. The summed E-state index contributed by atoms with van der Waals surface area (Å²) in [6.45, 7) is 2.41. The molecule has 0 aliphatic carbocycles. The first-order valence-electron chi connectivity index (χ1n) is 7.43. The van der Waals surface area contributed by atoms with Crippen LogP contribution in [0.25, 0.3) is 0 Å². The predicted molar refractivity (Wildman–Crippen MR) is 82.8 cm³/mol. The van der Waals surface area contributed by atoms with Gasteiger partial charge >= 0.3 is 0 Å². The lowest BCUT2D eigenvalue weighted by molar-refractivity contribution is -0.125. The molecular weight excluding hydrogens is 323 g/mol. The normalized spacial score (nSPS) is 20.4. The number of hydrogen-bond acceptors (Lipinski definition) is 4. The third-order valence-corrected chi connectivity index (χ3v) is 5.65. The predicted octanol–water partition coefficient (Wildman–Crippen LogP) is 1.13. The number of amides is 1. The topological polar surface area (TPSA) is 75.7 Å². The van der Waals surface area contributed by atoms with Crippen LogP contribution < -0.4 is 5.32 Å². The maximum Gasteiger partial charge on any atom is 0.243 e. The molecular formula is C15H21FN2O4S. The maximum atomic E-state index is 13.0. The van der Waals surface area contributed by atoms with Gasteiger partial charge in [-0.3, -0.25) is 4.79 Å². The van der Waals surface area contributed by atoms with Crippen LogP contribution in [0.5, 0.6) is 0 Å². The standard InChI is InChI=1S/C15H21FN2O4S/c1-11(10-22-2)17-15(19)14-4-3-9-18(14)23(20,21)13-7-5-12(16)6-8-13/h5-8,11,14H,3-4,9-10H2,1-2H3,(H,17,19)/t11-,14-/m1/s1. The average molecular weight is 344 g/mol. The van der Waals surface area contributed by atoms with Crippen molar-refractivity contribution in [3.63, 3.8) is 0 Å². The number of carbonyl (C=O) groups excluding carboxylic acids is 1. The van der Waals surface area contributed by atoms with E-state index >= 15 is 0 Å². The van der Waals surface area contributed by atoms with E-state index in [4.69, 9.17) is 4.74 Å². The largest absolute Gasteiger partial charge is 0.383 e. The molecule has 2 atom stereocenters. The van der Waals surface area contributed by atoms with Gasteiger partial charge in [-0.2, -0.15) is 4.31 Å². The number of hydrogen-bond donors (Lipinski definition) is 1. The molecule has 1 aromatic rings. The summed E-state index contributed by atoms with van der Waals surface area (Å²) in [5.74, 6) is -0.842. The highest BCUT2D eigenvalue weighted by atomic mass is 32.2. The minimum atomic E-state index is -3.82. The molecule has 1 aliphatic rings. The van der Waals surface area contributed by atoms with E-state index in [1.807, 2.05) is 0 Å². The summed E-state index contributed by atoms with van der Waals surface area (Å²) in [4.78, 5) is 12.3. The van der Waals surface area contributed by atoms with Crippen molar-refractivity contribution in [1.82, 2.24) is 9.62 Å². The lowest BCUT2D eigenvalue weighted by atomic mass is 10.2. The second-order valence-corrected chi connectivity index (χ2v) is 7.48. The molecule has 0 unspecified atom stereocenters. The Morgan fingerprint density at radius 1 is 1.43 bits per heavy atom. The van der Waals surface area contributed by atoms with E-state index in [1.54, 1.807) is 6.92 Å². The van der Waals surface area contributed by atoms with Crippen molar-refractivity contribution >= 4 is 15.9 Å². The van der Waals surface area contributed by atoms with Crippen molar-refractivity contribution in [2.24, 2.45) is 0 Å². The zero-order valence-corrected chi connectivity index (χ0v) is 14.0. The minimum Gasteiger partial charge on any atom is -0.383 e. The summed E-state index contributed by atoms with van der Waals surface area (Å²) >= 11 is 0. The molecule has 0 spiro atoms. The summed E-state index contributed by atoms with van der Waals surface area (Å²) in [5.41, 5.74) is 0. The van der Waals surface area contributed by atoms with Gasteiger partial charge in [0, 0.05) is 19.7 Å². The van der Waals surface area contributed by atoms with Crippen LogP contribution in [0.3, 0.4) is 0 Å². The van der Waals surface area contributed by atoms with Gasteiger partial charge in [-0.15, -0.1) is 0 Å². The molecule has 0 aromatic heterocycles. The van der Waals surface area contributed by atoms with Gasteiger partial charge in [0.1, 0.15) is 11.9 Å². The van der Waals surface area contributed by atoms with Crippen LogP contribution in [0, 0.1) is 5.82 Å². The average Bonchev–Trinajstić information content (AvgIpc) is 2.98. The third kappa shape index (κ3) is 4.07. The first-order valence-corrected chi connectivity index (χ1v) is 8.87. The second kappa shape index (κ2) is 7.37. The number of nitrogens with one attached hydrogen (secondary N) is 1. The van der Waals surface area contributed by atoms with E-state index in [2.05, 4.69) is 5.32 Å². The molecule has 6 nitrogen and oxygen atoms in total. The Balaban J connectivity index is 2.17. The molecule has 1 heterocycles. The van der Waals surface area contributed by atoms with Gasteiger partial charge in [0.15, 0.2) is 0 Å². The van der Waals surface area contributed by atoms with E-state index in [-0.39, 0.29) is 23.4 Å². The van der Waals surface area contributed by atoms with Crippen molar-refractivity contribution in [2.45, 2.75) is 36.7 Å². The summed E-state index contributed by atoms with van der Waals surface area (Å²) in [7, 11) is -2.29. The fourth-order valence-corrected chi connectivity index (χ4v) is 4.32. The molecule has 128 valence electrons. The highest BCUT2D eigenvalue weighted by Crippen LogP contribution is 2.26. The van der Waals surface area contributed by atoms with Crippen LogP contribution in [0.15, 0.2) is 29.2 Å². The summed E-state index contributed by atoms with van der Waals surface area (Å²) < 4.78 is 44.5. The number of halogens is 1. The van der Waals surface area contributed by atoms with E-state index in [0.717, 1.165) is 12.1 Å². The van der Waals surface area contributed by atoms with Crippen molar-refractivity contribution in [3.8, 4) is 0 Å². The van der Waals surface area contributed by atoms with Crippen LogP contribution in [0.4, 0.5) is 4.39 Å². The van der Waals surface area contributed by atoms with Crippen molar-refractivity contribution in [3.05, 3.63) is 30.1 Å². The van der Waals surface area contributed by atoms with Gasteiger partial charge in [0.25, 0.3) is 0 Å². The number of carbonyl (C=O) groups is 1. The Kier molecular flexibility index (Phi) is 5.72. The molecule has 1 amide bonds. The molecule has 0 bridgehead atoms. The number of rotatable bonds is 6. The Morgan fingerprint density at radius 2 is 2.09 bits per heavy atom. The van der Waals surface area contributed by atoms with Gasteiger partial charge in [0.2, 0.25) is 15.9 Å². The molecule has 8 heteroatoms. The zero-order chi connectivity index (χ0) is 17.0. The molecule has 0 saturated carbocycles. The molecule has 1 saturated heterocycles. The lowest BCUT2D eigenvalue weighted by Gasteiger charge is -2.24. The smallest absolute Gasteiger partial charge is 0.243 e. The van der Waals surface area contributed by atoms with Gasteiger partial charge in [-0.25, -0.2) is 12.8 Å². The van der Waals surface area contributed by atoms with Crippen molar-refractivity contribution in [1.29, 1.82) is 0 Å². The van der Waals surface area contributed by atoms with Crippen LogP contribution >= 0.6 is 0 Å². The van der Waals surface area contributed by atoms with Gasteiger partial charge < -0.3 is 10.1 Å². The maximum absolute atomic E-state index is 13.0. The van der Waals surface area contributed by atoms with Crippen molar-refractivity contribution < 1.29 is 22.3 Å². The third-order valence-electron chi connectivity index (χ3n) is 3.73. The molecule has 1 N–H and O–H groups in total. The molecule has 23 heavy (non-hydrogen) atoms. The fraction of sp³-hybridized carbons (Fsp3) is 0.533. The highest BCUT2D eigenvalue weighted by molar-refractivity contribution is 7.89. The summed E-state index contributed by atoms with van der Waals surface area (Å²) in [6.07, 6.45) is 1.07. The number of methoxy groups -OCH3 is 1. The van der Waals surface area contributed by atoms with Crippen LogP contribution in [-0.4, -0.2) is 51.0 Å². The molecule has 1 aromatic carbocycles.